The van der Waals surface area contributed by atoms with Gasteiger partial charge in [0.15, 0.2) is 0 Å². The van der Waals surface area contributed by atoms with Crippen LogP contribution in [0.4, 0.5) is 5.69 Å². The molecule has 0 aliphatic carbocycles. The van der Waals surface area contributed by atoms with E-state index >= 15 is 0 Å². The predicted octanol–water partition coefficient (Wildman–Crippen LogP) is 3.50. The number of anilines is 1. The summed E-state index contributed by atoms with van der Waals surface area (Å²) >= 11 is 1.44. The molecule has 34 heavy (non-hydrogen) atoms. The molecule has 4 aromatic rings. The number of fused-ring (bicyclic) bond motifs is 1. The van der Waals surface area contributed by atoms with Gasteiger partial charge in [0.25, 0.3) is 11.5 Å². The molecule has 0 spiro atoms. The molecule has 1 aliphatic rings. The van der Waals surface area contributed by atoms with Gasteiger partial charge in [-0.15, -0.1) is 11.3 Å². The first-order valence-electron chi connectivity index (χ1n) is 10.7. The number of nitriles is 1. The van der Waals surface area contributed by atoms with Crippen molar-refractivity contribution in [1.29, 1.82) is 5.26 Å². The Bertz CT molecular complexity index is 1400. The number of amides is 1. The third-order valence-electron chi connectivity index (χ3n) is 5.96. The van der Waals surface area contributed by atoms with E-state index in [1.54, 1.807) is 17.0 Å². The number of piperazine rings is 1. The lowest BCUT2D eigenvalue weighted by Crippen LogP contribution is -2.49. The van der Waals surface area contributed by atoms with Gasteiger partial charge in [-0.2, -0.15) is 5.26 Å². The Morgan fingerprint density at radius 3 is 2.44 bits per heavy atom. The highest BCUT2D eigenvalue weighted by Crippen LogP contribution is 2.30. The van der Waals surface area contributed by atoms with Gasteiger partial charge in [-0.3, -0.25) is 14.6 Å². The predicted molar refractivity (Wildman–Crippen MR) is 134 cm³/mol. The topological polar surface area (TPSA) is 117 Å². The van der Waals surface area contributed by atoms with Crippen molar-refractivity contribution in [1.82, 2.24) is 20.6 Å². The molecule has 0 unspecified atom stereocenters. The van der Waals surface area contributed by atoms with Crippen molar-refractivity contribution in [3.05, 3.63) is 92.7 Å². The number of rotatable bonds is 4. The molecule has 1 fully saturated rings. The van der Waals surface area contributed by atoms with Crippen LogP contribution >= 0.6 is 11.3 Å². The van der Waals surface area contributed by atoms with Gasteiger partial charge >= 0.3 is 0 Å². The second-order valence-electron chi connectivity index (χ2n) is 7.86. The number of aromatic nitrogens is 2. The summed E-state index contributed by atoms with van der Waals surface area (Å²) in [6, 6.07) is 17.3. The lowest BCUT2D eigenvalue weighted by Gasteiger charge is -2.37. The van der Waals surface area contributed by atoms with Crippen LogP contribution < -0.4 is 16.6 Å². The lowest BCUT2D eigenvalue weighted by molar-refractivity contribution is 0.0751. The Balaban J connectivity index is 0.00000274. The van der Waals surface area contributed by atoms with Gasteiger partial charge in [0.05, 0.1) is 22.6 Å². The molecule has 1 saturated heterocycles. The zero-order valence-corrected chi connectivity index (χ0v) is 19.4. The number of hydrogen-bond acceptors (Lipinski definition) is 7. The van der Waals surface area contributed by atoms with E-state index in [1.807, 2.05) is 58.8 Å². The van der Waals surface area contributed by atoms with Crippen molar-refractivity contribution < 1.29 is 4.79 Å². The van der Waals surface area contributed by atoms with Gasteiger partial charge in [0.2, 0.25) is 0 Å². The zero-order valence-electron chi connectivity index (χ0n) is 18.6. The maximum absolute atomic E-state index is 13.4. The minimum atomic E-state index is -0.305. The van der Waals surface area contributed by atoms with Crippen molar-refractivity contribution in [2.45, 2.75) is 6.54 Å². The molecule has 8 nitrogen and oxygen atoms in total. The molecule has 0 bridgehead atoms. The van der Waals surface area contributed by atoms with Crippen molar-refractivity contribution in [3.63, 3.8) is 0 Å². The molecule has 4 heterocycles. The molecule has 9 heteroatoms. The van der Waals surface area contributed by atoms with Crippen LogP contribution in [0, 0.1) is 11.3 Å². The first-order chi connectivity index (χ1) is 16.2. The fourth-order valence-corrected chi connectivity index (χ4v) is 5.03. The van der Waals surface area contributed by atoms with E-state index < -0.39 is 0 Å². The number of hydrogen-bond donors (Lipinski definition) is 1. The summed E-state index contributed by atoms with van der Waals surface area (Å²) in [5, 5.41) is 12.7. The standard InChI is InChI=1S/C25H21N5O2S.H3N/c26-16-20-23(28-11-13-29(14-12-28)25(32)22-6-3-15-33-22)19-4-1-2-5-21(19)30(24(20)31)17-18-7-9-27-10-8-18;/h1-10,15H,11-14,17H2;1H3. The van der Waals surface area contributed by atoms with E-state index in [0.29, 0.717) is 38.4 Å². The summed E-state index contributed by atoms with van der Waals surface area (Å²) < 4.78 is 1.66. The summed E-state index contributed by atoms with van der Waals surface area (Å²) in [5.74, 6) is 0.0304. The Kier molecular flexibility index (Phi) is 6.72. The Morgan fingerprint density at radius 1 is 1.03 bits per heavy atom. The van der Waals surface area contributed by atoms with Crippen LogP contribution in [0.25, 0.3) is 10.9 Å². The van der Waals surface area contributed by atoms with E-state index in [-0.39, 0.29) is 23.2 Å². The number of pyridine rings is 2. The molecule has 1 aromatic carbocycles. The fraction of sp³-hybridized carbons (Fsp3) is 0.200. The number of thiophene rings is 1. The summed E-state index contributed by atoms with van der Waals surface area (Å²) in [6.07, 6.45) is 3.39. The average molecular weight is 473 g/mol. The van der Waals surface area contributed by atoms with E-state index in [1.165, 1.54) is 11.3 Å². The SMILES string of the molecule is N.N#Cc1c(N2CCN(C(=O)c3cccs3)CC2)c2ccccc2n(Cc2ccncc2)c1=O. The number of para-hydroxylation sites is 1. The maximum Gasteiger partial charge on any atom is 0.271 e. The Labute approximate surface area is 200 Å². The van der Waals surface area contributed by atoms with Crippen molar-refractivity contribution >= 4 is 33.8 Å². The highest BCUT2D eigenvalue weighted by Gasteiger charge is 2.27. The molecule has 3 aromatic heterocycles. The van der Waals surface area contributed by atoms with E-state index in [0.717, 1.165) is 21.3 Å². The second-order valence-corrected chi connectivity index (χ2v) is 8.80. The lowest BCUT2D eigenvalue weighted by atomic mass is 10.1. The maximum atomic E-state index is 13.4. The van der Waals surface area contributed by atoms with E-state index in [4.69, 9.17) is 0 Å². The third-order valence-corrected chi connectivity index (χ3v) is 6.82. The molecule has 172 valence electrons. The Morgan fingerprint density at radius 2 is 1.76 bits per heavy atom. The highest BCUT2D eigenvalue weighted by molar-refractivity contribution is 7.12. The molecule has 1 amide bonds. The zero-order chi connectivity index (χ0) is 22.8. The van der Waals surface area contributed by atoms with Crippen LogP contribution in [0.2, 0.25) is 0 Å². The number of benzene rings is 1. The van der Waals surface area contributed by atoms with Crippen molar-refractivity contribution in [3.8, 4) is 6.07 Å². The molecule has 3 N–H and O–H groups in total. The normalized spacial score (nSPS) is 13.4. The quantitative estimate of drug-likeness (QED) is 0.486. The van der Waals surface area contributed by atoms with Gasteiger partial charge in [-0.25, -0.2) is 0 Å². The molecule has 1 aliphatic heterocycles. The van der Waals surface area contributed by atoms with E-state index in [2.05, 4.69) is 16.0 Å². The molecule has 0 saturated carbocycles. The number of carbonyl (C=O) groups is 1. The minimum absolute atomic E-state index is 0. The van der Waals surface area contributed by atoms with Gasteiger partial charge < -0.3 is 20.5 Å². The number of carbonyl (C=O) groups excluding carboxylic acids is 1. The third kappa shape index (κ3) is 4.17. The van der Waals surface area contributed by atoms with Crippen LogP contribution in [0.3, 0.4) is 0 Å². The van der Waals surface area contributed by atoms with Gasteiger partial charge in [-0.05, 0) is 35.2 Å². The van der Waals surface area contributed by atoms with Gasteiger partial charge in [0, 0.05) is 44.0 Å². The molecule has 0 atom stereocenters. The fourth-order valence-electron chi connectivity index (χ4n) is 4.34. The van der Waals surface area contributed by atoms with Crippen LogP contribution in [0.1, 0.15) is 20.8 Å². The summed E-state index contributed by atoms with van der Waals surface area (Å²) in [6.45, 7) is 2.55. The van der Waals surface area contributed by atoms with Crippen molar-refractivity contribution in [2.75, 3.05) is 31.1 Å². The molecular formula is C25H24N6O2S. The smallest absolute Gasteiger partial charge is 0.271 e. The van der Waals surface area contributed by atoms with Crippen molar-refractivity contribution in [2.24, 2.45) is 0 Å². The first-order valence-corrected chi connectivity index (χ1v) is 11.6. The first kappa shape index (κ1) is 23.2. The minimum Gasteiger partial charge on any atom is -0.366 e. The van der Waals surface area contributed by atoms with Crippen LogP contribution in [0.5, 0.6) is 0 Å². The summed E-state index contributed by atoms with van der Waals surface area (Å²) in [7, 11) is 0. The largest absolute Gasteiger partial charge is 0.366 e. The number of nitrogens with zero attached hydrogens (tertiary/aromatic N) is 5. The van der Waals surface area contributed by atoms with Crippen LogP contribution in [-0.2, 0) is 6.54 Å². The average Bonchev–Trinajstić information content (AvgIpc) is 3.41. The van der Waals surface area contributed by atoms with Crippen LogP contribution in [0.15, 0.2) is 71.1 Å². The van der Waals surface area contributed by atoms with Crippen LogP contribution in [-0.4, -0.2) is 46.5 Å². The monoisotopic (exact) mass is 472 g/mol. The van der Waals surface area contributed by atoms with Gasteiger partial charge in [0.1, 0.15) is 11.6 Å². The Hall–Kier alpha value is -4.00. The molecule has 5 rings (SSSR count). The molecular weight excluding hydrogens is 448 g/mol. The summed E-state index contributed by atoms with van der Waals surface area (Å²) in [5.41, 5.74) is 2.22. The van der Waals surface area contributed by atoms with Gasteiger partial charge in [-0.1, -0.05) is 24.3 Å². The second kappa shape index (κ2) is 9.87. The molecule has 0 radical (unpaired) electrons. The highest BCUT2D eigenvalue weighted by atomic mass is 32.1. The van der Waals surface area contributed by atoms with E-state index in [9.17, 15) is 14.9 Å². The summed E-state index contributed by atoms with van der Waals surface area (Å²) in [4.78, 5) is 34.8.